The largest absolute Gasteiger partial charge is 0.439 e. The summed E-state index contributed by atoms with van der Waals surface area (Å²) in [5, 5.41) is 2.95. The van der Waals surface area contributed by atoms with Crippen LogP contribution in [0.4, 0.5) is 15.3 Å². The first-order valence-electron chi connectivity index (χ1n) is 11.7. The highest BCUT2D eigenvalue weighted by molar-refractivity contribution is 5.92. The van der Waals surface area contributed by atoms with Crippen LogP contribution in [0.3, 0.4) is 0 Å². The number of ether oxygens (including phenoxy) is 1. The second-order valence-electron chi connectivity index (χ2n) is 9.23. The molecule has 1 aromatic carbocycles. The van der Waals surface area contributed by atoms with Crippen molar-refractivity contribution in [2.75, 3.05) is 38.4 Å². The van der Waals surface area contributed by atoms with Gasteiger partial charge >= 0.3 is 12.1 Å². The molecule has 9 heteroatoms. The lowest BCUT2D eigenvalue weighted by molar-refractivity contribution is -0.154. The molecule has 3 fully saturated rings. The fourth-order valence-electron chi connectivity index (χ4n) is 5.24. The average molecular weight is 442 g/mol. The van der Waals surface area contributed by atoms with Gasteiger partial charge < -0.3 is 24.8 Å². The molecule has 0 radical (unpaired) electrons. The molecule has 1 N–H and O–H groups in total. The number of para-hydroxylation sites is 1. The Balaban J connectivity index is 1.04. The number of benzene rings is 1. The van der Waals surface area contributed by atoms with Crippen molar-refractivity contribution >= 4 is 23.7 Å². The number of nitrogens with zero attached hydrogens (tertiary/aromatic N) is 4. The Morgan fingerprint density at radius 3 is 2.44 bits per heavy atom. The summed E-state index contributed by atoms with van der Waals surface area (Å²) in [4.78, 5) is 44.8. The summed E-state index contributed by atoms with van der Waals surface area (Å²) in [7, 11) is 0. The highest BCUT2D eigenvalue weighted by Gasteiger charge is 2.36. The number of carbonyl (C=O) groups is 3. The highest BCUT2D eigenvalue weighted by atomic mass is 16.6. The Morgan fingerprint density at radius 1 is 0.969 bits per heavy atom. The van der Waals surface area contributed by atoms with Gasteiger partial charge in [0.2, 0.25) is 0 Å². The maximum absolute atomic E-state index is 12.5. The van der Waals surface area contributed by atoms with Crippen molar-refractivity contribution in [3.63, 3.8) is 0 Å². The lowest BCUT2D eigenvalue weighted by Crippen LogP contribution is -2.61. The molecule has 4 amide bonds. The van der Waals surface area contributed by atoms with Crippen molar-refractivity contribution in [1.29, 1.82) is 0 Å². The van der Waals surface area contributed by atoms with E-state index in [9.17, 15) is 14.4 Å². The van der Waals surface area contributed by atoms with Crippen LogP contribution >= 0.6 is 0 Å². The molecule has 0 atom stereocenters. The summed E-state index contributed by atoms with van der Waals surface area (Å²) in [6, 6.07) is 8.43. The standard InChI is InChI=1S/C23H31N5O4/c29-21(27-15-26(16-27)18-6-2-3-7-18)14-32-23(31)25-11-9-19(10-12-25)28-13-17-5-1-4-8-20(17)24-22(28)30/h1,4-5,8,18-19H,2-3,6-7,9-16H2,(H,24,30). The number of likely N-dealkylation sites (tertiary alicyclic amines) is 1. The number of nitrogens with one attached hydrogen (secondary N) is 1. The molecule has 4 aliphatic rings. The summed E-state index contributed by atoms with van der Waals surface area (Å²) in [6.45, 7) is 2.70. The molecule has 0 unspecified atom stereocenters. The molecule has 32 heavy (non-hydrogen) atoms. The molecule has 172 valence electrons. The molecule has 0 bridgehead atoms. The SMILES string of the molecule is O=C(COC(=O)N1CCC(N2Cc3ccccc3NC2=O)CC1)N1CN(C2CCCC2)C1. The predicted molar refractivity (Wildman–Crippen MR) is 118 cm³/mol. The normalized spacial score (nSPS) is 22.4. The van der Waals surface area contributed by atoms with Crippen LogP contribution in [0.2, 0.25) is 0 Å². The lowest BCUT2D eigenvalue weighted by atomic mass is 10.0. The quantitative estimate of drug-likeness (QED) is 0.777. The van der Waals surface area contributed by atoms with Crippen molar-refractivity contribution in [2.45, 2.75) is 57.2 Å². The van der Waals surface area contributed by atoms with Gasteiger partial charge in [0.05, 0.1) is 13.3 Å². The van der Waals surface area contributed by atoms with Crippen LogP contribution in [-0.4, -0.2) is 82.7 Å². The fourth-order valence-corrected chi connectivity index (χ4v) is 5.24. The molecule has 1 aromatic rings. The summed E-state index contributed by atoms with van der Waals surface area (Å²) < 4.78 is 5.29. The maximum atomic E-state index is 12.5. The van der Waals surface area contributed by atoms with Crippen LogP contribution < -0.4 is 5.32 Å². The summed E-state index contributed by atoms with van der Waals surface area (Å²) in [6.07, 6.45) is 5.94. The first-order chi connectivity index (χ1) is 15.6. The van der Waals surface area contributed by atoms with E-state index in [4.69, 9.17) is 4.74 Å². The predicted octanol–water partition coefficient (Wildman–Crippen LogP) is 2.64. The van der Waals surface area contributed by atoms with E-state index in [1.165, 1.54) is 25.7 Å². The van der Waals surface area contributed by atoms with Crippen molar-refractivity contribution in [1.82, 2.24) is 19.6 Å². The zero-order valence-corrected chi connectivity index (χ0v) is 18.4. The van der Waals surface area contributed by atoms with E-state index in [0.29, 0.717) is 51.9 Å². The van der Waals surface area contributed by atoms with Crippen molar-refractivity contribution in [3.8, 4) is 0 Å². The number of anilines is 1. The van der Waals surface area contributed by atoms with Crippen LogP contribution in [-0.2, 0) is 16.1 Å². The zero-order chi connectivity index (χ0) is 22.1. The Morgan fingerprint density at radius 2 is 1.69 bits per heavy atom. The van der Waals surface area contributed by atoms with E-state index in [-0.39, 0.29) is 24.6 Å². The van der Waals surface area contributed by atoms with E-state index in [1.807, 2.05) is 29.2 Å². The molecule has 1 aliphatic carbocycles. The average Bonchev–Trinajstić information content (AvgIpc) is 3.30. The Bertz CT molecular complexity index is 873. The Labute approximate surface area is 188 Å². The van der Waals surface area contributed by atoms with Gasteiger partial charge in [-0.2, -0.15) is 0 Å². The van der Waals surface area contributed by atoms with Gasteiger partial charge in [0, 0.05) is 37.4 Å². The number of hydrogen-bond donors (Lipinski definition) is 1. The number of carbonyl (C=O) groups excluding carboxylic acids is 3. The minimum atomic E-state index is -0.446. The Hall–Kier alpha value is -2.81. The van der Waals surface area contributed by atoms with Gasteiger partial charge in [-0.25, -0.2) is 9.59 Å². The molecule has 0 aromatic heterocycles. The molecule has 3 heterocycles. The van der Waals surface area contributed by atoms with Gasteiger partial charge in [-0.05, 0) is 37.3 Å². The molecule has 9 nitrogen and oxygen atoms in total. The Kier molecular flexibility index (Phi) is 5.91. The topological polar surface area (TPSA) is 85.4 Å². The first-order valence-corrected chi connectivity index (χ1v) is 11.7. The minimum Gasteiger partial charge on any atom is -0.439 e. The van der Waals surface area contributed by atoms with Gasteiger partial charge in [-0.3, -0.25) is 9.69 Å². The molecule has 3 aliphatic heterocycles. The van der Waals surface area contributed by atoms with E-state index in [0.717, 1.165) is 11.3 Å². The molecule has 0 spiro atoms. The van der Waals surface area contributed by atoms with Gasteiger partial charge in [0.1, 0.15) is 0 Å². The third-order valence-electron chi connectivity index (χ3n) is 7.24. The molecular weight excluding hydrogens is 410 g/mol. The van der Waals surface area contributed by atoms with Crippen LogP contribution in [0.1, 0.15) is 44.1 Å². The highest BCUT2D eigenvalue weighted by Crippen LogP contribution is 2.28. The van der Waals surface area contributed by atoms with Gasteiger partial charge in [-0.15, -0.1) is 0 Å². The first kappa shape index (κ1) is 21.1. The number of piperidine rings is 1. The molecule has 1 saturated carbocycles. The third kappa shape index (κ3) is 4.26. The van der Waals surface area contributed by atoms with E-state index >= 15 is 0 Å². The smallest absolute Gasteiger partial charge is 0.410 e. The van der Waals surface area contributed by atoms with E-state index < -0.39 is 6.09 Å². The van der Waals surface area contributed by atoms with Crippen LogP contribution in [0.15, 0.2) is 24.3 Å². The maximum Gasteiger partial charge on any atom is 0.410 e. The van der Waals surface area contributed by atoms with Gasteiger partial charge in [-0.1, -0.05) is 31.0 Å². The van der Waals surface area contributed by atoms with Crippen LogP contribution in [0.5, 0.6) is 0 Å². The number of rotatable bonds is 4. The minimum absolute atomic E-state index is 0.0803. The summed E-state index contributed by atoms with van der Waals surface area (Å²) in [5.41, 5.74) is 1.97. The number of fused-ring (bicyclic) bond motifs is 1. The fraction of sp³-hybridized carbons (Fsp3) is 0.609. The van der Waals surface area contributed by atoms with E-state index in [1.54, 1.807) is 9.80 Å². The summed E-state index contributed by atoms with van der Waals surface area (Å²) in [5.74, 6) is -0.133. The van der Waals surface area contributed by atoms with Crippen molar-refractivity contribution in [3.05, 3.63) is 29.8 Å². The number of hydrogen-bond acceptors (Lipinski definition) is 5. The van der Waals surface area contributed by atoms with Crippen molar-refractivity contribution < 1.29 is 19.1 Å². The molecule has 2 saturated heterocycles. The second-order valence-corrected chi connectivity index (χ2v) is 9.23. The van der Waals surface area contributed by atoms with Crippen LogP contribution in [0.25, 0.3) is 0 Å². The monoisotopic (exact) mass is 441 g/mol. The van der Waals surface area contributed by atoms with Crippen molar-refractivity contribution in [2.24, 2.45) is 0 Å². The molecule has 5 rings (SSSR count). The van der Waals surface area contributed by atoms with Gasteiger partial charge in [0.15, 0.2) is 6.61 Å². The third-order valence-corrected chi connectivity index (χ3v) is 7.24. The number of amides is 4. The molecular formula is C23H31N5O4. The lowest BCUT2D eigenvalue weighted by Gasteiger charge is -2.45. The zero-order valence-electron chi connectivity index (χ0n) is 18.4. The number of urea groups is 1. The van der Waals surface area contributed by atoms with Crippen LogP contribution in [0, 0.1) is 0 Å². The summed E-state index contributed by atoms with van der Waals surface area (Å²) >= 11 is 0. The van der Waals surface area contributed by atoms with E-state index in [2.05, 4.69) is 10.2 Å². The second kappa shape index (κ2) is 8.97. The van der Waals surface area contributed by atoms with Gasteiger partial charge in [0.25, 0.3) is 5.91 Å².